The lowest BCUT2D eigenvalue weighted by Gasteiger charge is -2.07. The van der Waals surface area contributed by atoms with Crippen molar-refractivity contribution >= 4 is 68.9 Å². The molecule has 26 heavy (non-hydrogen) atoms. The van der Waals surface area contributed by atoms with E-state index >= 15 is 0 Å². The molecule has 1 heterocycles. The number of nitrogens with one attached hydrogen (secondary N) is 2. The standard InChI is InChI=1S/C19H15IN2O2S2/c20-13-3-5-14(6-4-13)21-18(23)12-26-16-9-7-15(8-10-16)22-19(24)17-2-1-11-25-17/h1-11H,12H2,(H,21,23)(H,22,24). The van der Waals surface area contributed by atoms with Gasteiger partial charge in [0.1, 0.15) is 0 Å². The lowest BCUT2D eigenvalue weighted by atomic mass is 10.3. The Morgan fingerprint density at radius 2 is 1.58 bits per heavy atom. The molecule has 132 valence electrons. The summed E-state index contributed by atoms with van der Waals surface area (Å²) in [6.45, 7) is 0. The summed E-state index contributed by atoms with van der Waals surface area (Å²) in [6, 6.07) is 18.8. The normalized spacial score (nSPS) is 10.3. The van der Waals surface area contributed by atoms with Crippen LogP contribution in [0.25, 0.3) is 0 Å². The predicted molar refractivity (Wildman–Crippen MR) is 117 cm³/mol. The van der Waals surface area contributed by atoms with Crippen molar-refractivity contribution in [2.45, 2.75) is 4.90 Å². The van der Waals surface area contributed by atoms with Gasteiger partial charge in [0, 0.05) is 19.8 Å². The van der Waals surface area contributed by atoms with Gasteiger partial charge in [0.05, 0.1) is 10.6 Å². The third-order valence-electron chi connectivity index (χ3n) is 3.36. The maximum atomic E-state index is 12.0. The highest BCUT2D eigenvalue weighted by Gasteiger charge is 2.07. The molecule has 0 aliphatic rings. The maximum absolute atomic E-state index is 12.0. The summed E-state index contributed by atoms with van der Waals surface area (Å²) in [4.78, 5) is 25.7. The van der Waals surface area contributed by atoms with Crippen LogP contribution in [0.15, 0.2) is 70.9 Å². The van der Waals surface area contributed by atoms with Gasteiger partial charge >= 0.3 is 0 Å². The summed E-state index contributed by atoms with van der Waals surface area (Å²) in [5, 5.41) is 7.60. The van der Waals surface area contributed by atoms with E-state index in [2.05, 4.69) is 33.2 Å². The molecule has 7 heteroatoms. The van der Waals surface area contributed by atoms with Crippen LogP contribution in [0.3, 0.4) is 0 Å². The summed E-state index contributed by atoms with van der Waals surface area (Å²) < 4.78 is 1.13. The van der Waals surface area contributed by atoms with Gasteiger partial charge in [0.15, 0.2) is 0 Å². The van der Waals surface area contributed by atoms with Gasteiger partial charge in [-0.1, -0.05) is 6.07 Å². The molecule has 2 aromatic carbocycles. The Labute approximate surface area is 173 Å². The summed E-state index contributed by atoms with van der Waals surface area (Å²) in [6.07, 6.45) is 0. The second kappa shape index (κ2) is 9.20. The topological polar surface area (TPSA) is 58.2 Å². The fourth-order valence-electron chi connectivity index (χ4n) is 2.11. The Hall–Kier alpha value is -1.84. The van der Waals surface area contributed by atoms with Crippen LogP contribution in [0.1, 0.15) is 9.67 Å². The minimum Gasteiger partial charge on any atom is -0.325 e. The average molecular weight is 494 g/mol. The Morgan fingerprint density at radius 3 is 2.23 bits per heavy atom. The van der Waals surface area contributed by atoms with Crippen molar-refractivity contribution in [3.63, 3.8) is 0 Å². The highest BCUT2D eigenvalue weighted by molar-refractivity contribution is 14.1. The number of thioether (sulfide) groups is 1. The number of rotatable bonds is 6. The molecule has 0 spiro atoms. The molecular formula is C19H15IN2O2S2. The molecule has 3 aromatic rings. The van der Waals surface area contributed by atoms with E-state index in [0.29, 0.717) is 10.6 Å². The molecular weight excluding hydrogens is 479 g/mol. The lowest BCUT2D eigenvalue weighted by molar-refractivity contribution is -0.113. The quantitative estimate of drug-likeness (QED) is 0.360. The van der Waals surface area contributed by atoms with Gasteiger partial charge < -0.3 is 10.6 Å². The molecule has 2 N–H and O–H groups in total. The molecule has 4 nitrogen and oxygen atoms in total. The molecule has 0 unspecified atom stereocenters. The number of amides is 2. The first-order valence-electron chi connectivity index (χ1n) is 7.73. The molecule has 0 fully saturated rings. The minimum absolute atomic E-state index is 0.0497. The maximum Gasteiger partial charge on any atom is 0.265 e. The van der Waals surface area contributed by atoms with Crippen molar-refractivity contribution in [1.82, 2.24) is 0 Å². The molecule has 2 amide bonds. The van der Waals surface area contributed by atoms with E-state index in [4.69, 9.17) is 0 Å². The van der Waals surface area contributed by atoms with Gasteiger partial charge in [-0.15, -0.1) is 23.1 Å². The van der Waals surface area contributed by atoms with Crippen LogP contribution in [0, 0.1) is 3.57 Å². The van der Waals surface area contributed by atoms with Crippen molar-refractivity contribution in [2.75, 3.05) is 16.4 Å². The van der Waals surface area contributed by atoms with Gasteiger partial charge in [-0.05, 0) is 82.6 Å². The number of carbonyl (C=O) groups excluding carboxylic acids is 2. The first kappa shape index (κ1) is 18.9. The number of benzene rings is 2. The SMILES string of the molecule is O=C(CSc1ccc(NC(=O)c2cccs2)cc1)Nc1ccc(I)cc1. The van der Waals surface area contributed by atoms with Crippen LogP contribution >= 0.6 is 45.7 Å². The highest BCUT2D eigenvalue weighted by Crippen LogP contribution is 2.21. The van der Waals surface area contributed by atoms with Gasteiger partial charge in [-0.2, -0.15) is 0 Å². The molecule has 0 saturated carbocycles. The Morgan fingerprint density at radius 1 is 0.923 bits per heavy atom. The van der Waals surface area contributed by atoms with E-state index in [9.17, 15) is 9.59 Å². The zero-order chi connectivity index (χ0) is 18.4. The third-order valence-corrected chi connectivity index (χ3v) is 5.95. The number of carbonyl (C=O) groups is 2. The van der Waals surface area contributed by atoms with Crippen LogP contribution in [0.5, 0.6) is 0 Å². The number of thiophene rings is 1. The fourth-order valence-corrected chi connectivity index (χ4v) is 3.79. The summed E-state index contributed by atoms with van der Waals surface area (Å²) >= 11 is 5.08. The summed E-state index contributed by atoms with van der Waals surface area (Å²) in [7, 11) is 0. The van der Waals surface area contributed by atoms with Crippen LogP contribution in [0.2, 0.25) is 0 Å². The molecule has 0 saturated heterocycles. The number of hydrogen-bond donors (Lipinski definition) is 2. The first-order valence-corrected chi connectivity index (χ1v) is 10.7. The van der Waals surface area contributed by atoms with E-state index in [0.717, 1.165) is 19.8 Å². The molecule has 3 rings (SSSR count). The lowest BCUT2D eigenvalue weighted by Crippen LogP contribution is -2.13. The van der Waals surface area contributed by atoms with Gasteiger partial charge in [-0.3, -0.25) is 9.59 Å². The van der Waals surface area contributed by atoms with Crippen molar-refractivity contribution in [3.8, 4) is 0 Å². The Bertz CT molecular complexity index is 879. The monoisotopic (exact) mass is 494 g/mol. The number of halogens is 1. The molecule has 0 bridgehead atoms. The van der Waals surface area contributed by atoms with Gasteiger partial charge in [0.25, 0.3) is 5.91 Å². The van der Waals surface area contributed by atoms with Crippen LogP contribution in [0.4, 0.5) is 11.4 Å². The van der Waals surface area contributed by atoms with Gasteiger partial charge in [-0.25, -0.2) is 0 Å². The Kier molecular flexibility index (Phi) is 6.70. The largest absolute Gasteiger partial charge is 0.325 e. The van der Waals surface area contributed by atoms with Crippen molar-refractivity contribution in [3.05, 3.63) is 74.5 Å². The van der Waals surface area contributed by atoms with E-state index in [-0.39, 0.29) is 11.8 Å². The second-order valence-corrected chi connectivity index (χ2v) is 8.54. The molecule has 0 aliphatic carbocycles. The second-order valence-electron chi connectivity index (χ2n) is 5.30. The average Bonchev–Trinajstić information content (AvgIpc) is 3.18. The zero-order valence-electron chi connectivity index (χ0n) is 13.6. The summed E-state index contributed by atoms with van der Waals surface area (Å²) in [5.74, 6) is 0.163. The van der Waals surface area contributed by atoms with Crippen LogP contribution < -0.4 is 10.6 Å². The van der Waals surface area contributed by atoms with E-state index in [1.807, 2.05) is 60.0 Å². The highest BCUT2D eigenvalue weighted by atomic mass is 127. The fraction of sp³-hybridized carbons (Fsp3) is 0.0526. The van der Waals surface area contributed by atoms with Crippen molar-refractivity contribution < 1.29 is 9.59 Å². The number of hydrogen-bond acceptors (Lipinski definition) is 4. The molecule has 0 radical (unpaired) electrons. The molecule has 1 aromatic heterocycles. The minimum atomic E-state index is -0.114. The van der Waals surface area contributed by atoms with E-state index in [1.165, 1.54) is 23.1 Å². The van der Waals surface area contributed by atoms with Crippen molar-refractivity contribution in [2.24, 2.45) is 0 Å². The van der Waals surface area contributed by atoms with E-state index in [1.54, 1.807) is 6.07 Å². The predicted octanol–water partition coefficient (Wildman–Crippen LogP) is 5.34. The number of anilines is 2. The third kappa shape index (κ3) is 5.58. The smallest absolute Gasteiger partial charge is 0.265 e. The van der Waals surface area contributed by atoms with Crippen molar-refractivity contribution in [1.29, 1.82) is 0 Å². The summed E-state index contributed by atoms with van der Waals surface area (Å²) in [5.41, 5.74) is 1.53. The molecule has 0 aliphatic heterocycles. The molecule has 0 atom stereocenters. The first-order chi connectivity index (χ1) is 12.6. The Balaban J connectivity index is 1.48. The zero-order valence-corrected chi connectivity index (χ0v) is 17.4. The van der Waals surface area contributed by atoms with Crippen LogP contribution in [-0.4, -0.2) is 17.6 Å². The van der Waals surface area contributed by atoms with Crippen LogP contribution in [-0.2, 0) is 4.79 Å². The van der Waals surface area contributed by atoms with Gasteiger partial charge in [0.2, 0.25) is 5.91 Å². The van der Waals surface area contributed by atoms with E-state index < -0.39 is 0 Å².